The fourth-order valence-electron chi connectivity index (χ4n) is 0.963. The Morgan fingerprint density at radius 1 is 1.54 bits per heavy atom. The summed E-state index contributed by atoms with van der Waals surface area (Å²) in [7, 11) is 0. The highest BCUT2D eigenvalue weighted by Crippen LogP contribution is 2.07. The minimum Gasteiger partial charge on any atom is -0.384 e. The molecule has 1 aromatic heterocycles. The van der Waals surface area contributed by atoms with Crippen molar-refractivity contribution in [3.8, 4) is 0 Å². The molecule has 1 aromatic rings. The number of thioether (sulfide) groups is 1. The van der Waals surface area contributed by atoms with E-state index in [-0.39, 0.29) is 0 Å². The fraction of sp³-hybridized carbons (Fsp3) is 0.500. The van der Waals surface area contributed by atoms with E-state index in [0.717, 1.165) is 18.1 Å². The van der Waals surface area contributed by atoms with E-state index >= 15 is 0 Å². The van der Waals surface area contributed by atoms with Crippen LogP contribution in [0.1, 0.15) is 5.82 Å². The molecular weight excluding hydrogens is 184 g/mol. The molecule has 0 aliphatic rings. The highest BCUT2D eigenvalue weighted by Gasteiger charge is 1.97. The predicted octanol–water partition coefficient (Wildman–Crippen LogP) is 1.14. The molecule has 0 aromatic carbocycles. The van der Waals surface area contributed by atoms with Crippen molar-refractivity contribution < 1.29 is 0 Å². The second-order valence-corrected chi connectivity index (χ2v) is 3.63. The Balaban J connectivity index is 2.56. The number of nitrogens with two attached hydrogens (primary N) is 1. The Labute approximate surface area is 82.3 Å². The molecule has 5 heteroatoms. The van der Waals surface area contributed by atoms with Crippen LogP contribution in [0.25, 0.3) is 0 Å². The lowest BCUT2D eigenvalue weighted by molar-refractivity contribution is 1.04. The number of aryl methyl sites for hydroxylation is 1. The van der Waals surface area contributed by atoms with Gasteiger partial charge in [0.1, 0.15) is 17.5 Å². The van der Waals surface area contributed by atoms with E-state index in [2.05, 4.69) is 21.5 Å². The van der Waals surface area contributed by atoms with Gasteiger partial charge in [0.05, 0.1) is 0 Å². The summed E-state index contributed by atoms with van der Waals surface area (Å²) in [5.41, 5.74) is 5.57. The fourth-order valence-corrected chi connectivity index (χ4v) is 1.27. The number of hydrogen-bond donors (Lipinski definition) is 2. The van der Waals surface area contributed by atoms with Crippen molar-refractivity contribution in [1.29, 1.82) is 0 Å². The predicted molar refractivity (Wildman–Crippen MR) is 58.1 cm³/mol. The van der Waals surface area contributed by atoms with Crippen molar-refractivity contribution in [2.45, 2.75) is 6.92 Å². The van der Waals surface area contributed by atoms with Gasteiger partial charge in [-0.05, 0) is 13.2 Å². The molecule has 0 amide bonds. The molecule has 13 heavy (non-hydrogen) atoms. The summed E-state index contributed by atoms with van der Waals surface area (Å²) in [4.78, 5) is 8.18. The lowest BCUT2D eigenvalue weighted by Gasteiger charge is -2.05. The lowest BCUT2D eigenvalue weighted by atomic mass is 10.5. The molecule has 0 radical (unpaired) electrons. The van der Waals surface area contributed by atoms with Gasteiger partial charge < -0.3 is 11.1 Å². The van der Waals surface area contributed by atoms with Crippen LogP contribution in [0.15, 0.2) is 6.07 Å². The lowest BCUT2D eigenvalue weighted by Crippen LogP contribution is -2.07. The second kappa shape index (κ2) is 4.91. The van der Waals surface area contributed by atoms with E-state index in [1.165, 1.54) is 0 Å². The summed E-state index contributed by atoms with van der Waals surface area (Å²) in [6.07, 6.45) is 2.07. The minimum atomic E-state index is 0.513. The third-order valence-electron chi connectivity index (χ3n) is 1.47. The van der Waals surface area contributed by atoms with Crippen molar-refractivity contribution in [2.24, 2.45) is 0 Å². The van der Waals surface area contributed by atoms with Gasteiger partial charge in [-0.15, -0.1) is 0 Å². The van der Waals surface area contributed by atoms with Gasteiger partial charge in [-0.2, -0.15) is 11.8 Å². The maximum absolute atomic E-state index is 5.57. The molecule has 0 aliphatic carbocycles. The van der Waals surface area contributed by atoms with Crippen molar-refractivity contribution in [3.05, 3.63) is 11.9 Å². The minimum absolute atomic E-state index is 0.513. The van der Waals surface area contributed by atoms with E-state index < -0.39 is 0 Å². The van der Waals surface area contributed by atoms with Gasteiger partial charge in [0.2, 0.25) is 0 Å². The number of nitrogens with one attached hydrogen (secondary N) is 1. The van der Waals surface area contributed by atoms with Crippen LogP contribution in [0, 0.1) is 6.92 Å². The third kappa shape index (κ3) is 3.50. The van der Waals surface area contributed by atoms with Gasteiger partial charge in [-0.1, -0.05) is 0 Å². The summed E-state index contributed by atoms with van der Waals surface area (Å²) in [5.74, 6) is 3.08. The highest BCUT2D eigenvalue weighted by atomic mass is 32.2. The number of nitrogen functional groups attached to an aromatic ring is 1. The molecule has 0 aliphatic heterocycles. The molecule has 72 valence electrons. The second-order valence-electron chi connectivity index (χ2n) is 2.64. The zero-order chi connectivity index (χ0) is 9.68. The summed E-state index contributed by atoms with van der Waals surface area (Å²) >= 11 is 1.79. The van der Waals surface area contributed by atoms with E-state index in [1.807, 2.05) is 6.92 Å². The number of anilines is 2. The zero-order valence-corrected chi connectivity index (χ0v) is 8.69. The monoisotopic (exact) mass is 198 g/mol. The first-order valence-corrected chi connectivity index (χ1v) is 5.45. The summed E-state index contributed by atoms with van der Waals surface area (Å²) < 4.78 is 0. The molecule has 1 rings (SSSR count). The standard InChI is InChI=1S/C8H14N4S/c1-6-11-7(9)5-8(12-6)10-3-4-13-2/h5H,3-4H2,1-2H3,(H3,9,10,11,12). The zero-order valence-electron chi connectivity index (χ0n) is 7.87. The van der Waals surface area contributed by atoms with Gasteiger partial charge in [0.15, 0.2) is 0 Å². The first-order valence-electron chi connectivity index (χ1n) is 4.06. The first-order chi connectivity index (χ1) is 6.22. The van der Waals surface area contributed by atoms with Crippen molar-refractivity contribution in [1.82, 2.24) is 9.97 Å². The summed E-state index contributed by atoms with van der Waals surface area (Å²) in [6, 6.07) is 1.74. The van der Waals surface area contributed by atoms with Crippen LogP contribution in [0.5, 0.6) is 0 Å². The highest BCUT2D eigenvalue weighted by molar-refractivity contribution is 7.98. The average Bonchev–Trinajstić information content (AvgIpc) is 2.03. The third-order valence-corrected chi connectivity index (χ3v) is 2.08. The smallest absolute Gasteiger partial charge is 0.131 e. The van der Waals surface area contributed by atoms with E-state index in [9.17, 15) is 0 Å². The van der Waals surface area contributed by atoms with Crippen molar-refractivity contribution in [2.75, 3.05) is 29.6 Å². The van der Waals surface area contributed by atoms with E-state index in [0.29, 0.717) is 11.6 Å². The number of aromatic nitrogens is 2. The Hall–Kier alpha value is -0.970. The molecule has 0 saturated carbocycles. The summed E-state index contributed by atoms with van der Waals surface area (Å²) in [6.45, 7) is 2.73. The Bertz CT molecular complexity index is 257. The largest absolute Gasteiger partial charge is 0.384 e. The molecule has 0 saturated heterocycles. The van der Waals surface area contributed by atoms with Crippen LogP contribution in [0.4, 0.5) is 11.6 Å². The molecule has 0 unspecified atom stereocenters. The summed E-state index contributed by atoms with van der Waals surface area (Å²) in [5, 5.41) is 3.18. The van der Waals surface area contributed by atoms with Crippen LogP contribution >= 0.6 is 11.8 Å². The van der Waals surface area contributed by atoms with Crippen molar-refractivity contribution >= 4 is 23.4 Å². The maximum atomic E-state index is 5.57. The van der Waals surface area contributed by atoms with Crippen LogP contribution in [-0.2, 0) is 0 Å². The van der Waals surface area contributed by atoms with Gasteiger partial charge in [0, 0.05) is 18.4 Å². The average molecular weight is 198 g/mol. The Kier molecular flexibility index (Phi) is 3.82. The van der Waals surface area contributed by atoms with E-state index in [1.54, 1.807) is 17.8 Å². The van der Waals surface area contributed by atoms with Crippen LogP contribution < -0.4 is 11.1 Å². The Morgan fingerprint density at radius 3 is 2.92 bits per heavy atom. The SMILES string of the molecule is CSCCNc1cc(N)nc(C)n1. The Morgan fingerprint density at radius 2 is 2.31 bits per heavy atom. The molecule has 0 spiro atoms. The molecule has 0 atom stereocenters. The van der Waals surface area contributed by atoms with Crippen LogP contribution in [0.2, 0.25) is 0 Å². The number of hydrogen-bond acceptors (Lipinski definition) is 5. The van der Waals surface area contributed by atoms with E-state index in [4.69, 9.17) is 5.73 Å². The van der Waals surface area contributed by atoms with Gasteiger partial charge in [-0.3, -0.25) is 0 Å². The number of rotatable bonds is 4. The van der Waals surface area contributed by atoms with Crippen LogP contribution in [0.3, 0.4) is 0 Å². The molecule has 1 heterocycles. The molecule has 3 N–H and O–H groups in total. The normalized spacial score (nSPS) is 10.0. The molecule has 4 nitrogen and oxygen atoms in total. The molecule has 0 fully saturated rings. The topological polar surface area (TPSA) is 63.8 Å². The van der Waals surface area contributed by atoms with Crippen molar-refractivity contribution in [3.63, 3.8) is 0 Å². The molecular formula is C8H14N4S. The molecule has 0 bridgehead atoms. The maximum Gasteiger partial charge on any atom is 0.131 e. The van der Waals surface area contributed by atoms with Crippen LogP contribution in [-0.4, -0.2) is 28.5 Å². The quantitative estimate of drug-likeness (QED) is 0.710. The number of nitrogens with zero attached hydrogens (tertiary/aromatic N) is 2. The van der Waals surface area contributed by atoms with Gasteiger partial charge in [0.25, 0.3) is 0 Å². The van der Waals surface area contributed by atoms with Gasteiger partial charge in [-0.25, -0.2) is 9.97 Å². The van der Waals surface area contributed by atoms with Gasteiger partial charge >= 0.3 is 0 Å². The first kappa shape index (κ1) is 10.1.